The number of para-hydroxylation sites is 1. The van der Waals surface area contributed by atoms with E-state index in [1.54, 1.807) is 18.2 Å². The van der Waals surface area contributed by atoms with Crippen LogP contribution in [-0.4, -0.2) is 0 Å². The molecule has 0 aliphatic rings. The topological polar surface area (TPSA) is 9.23 Å². The molecule has 0 amide bonds. The average molecular weight is 381 g/mol. The van der Waals surface area contributed by atoms with Crippen molar-refractivity contribution in [3.8, 4) is 5.75 Å². The third-order valence-electron chi connectivity index (χ3n) is 2.06. The molecule has 0 bridgehead atoms. The second kappa shape index (κ2) is 8.63. The van der Waals surface area contributed by atoms with Crippen molar-refractivity contribution in [1.29, 1.82) is 0 Å². The molecule has 1 nitrogen and oxygen atoms in total. The van der Waals surface area contributed by atoms with Crippen molar-refractivity contribution in [1.82, 2.24) is 0 Å². The summed E-state index contributed by atoms with van der Waals surface area (Å²) in [5, 5.41) is 0.120. The summed E-state index contributed by atoms with van der Waals surface area (Å²) >= 11 is 9.83. The molecule has 90 valence electrons. The van der Waals surface area contributed by atoms with Crippen LogP contribution in [0.15, 0.2) is 42.5 Å². The van der Waals surface area contributed by atoms with Crippen LogP contribution in [0.25, 0.3) is 0 Å². The van der Waals surface area contributed by atoms with Crippen LogP contribution in [0.3, 0.4) is 0 Å². The average Bonchev–Trinajstić information content (AvgIpc) is 2.44. The van der Waals surface area contributed by atoms with Gasteiger partial charge >= 0.3 is 30.0 Å². The van der Waals surface area contributed by atoms with Crippen LogP contribution >= 0.6 is 25.2 Å². The summed E-state index contributed by atoms with van der Waals surface area (Å²) in [5.41, 5.74) is 0.735. The first kappa shape index (κ1) is 15.6. The molecule has 0 atom stereocenters. The Bertz CT molecular complexity index is 482. The van der Waals surface area contributed by atoms with Gasteiger partial charge in [-0.2, -0.15) is 18.2 Å². The molecule has 18 heavy (non-hydrogen) atoms. The van der Waals surface area contributed by atoms with Crippen LogP contribution in [0.4, 0.5) is 4.39 Å². The van der Waals surface area contributed by atoms with Gasteiger partial charge in [-0.05, 0) is 17.7 Å². The van der Waals surface area contributed by atoms with Crippen LogP contribution in [-0.2, 0) is 22.9 Å². The first-order chi connectivity index (χ1) is 8.75. The number of ether oxygens (including phenoxy) is 1. The molecule has 5 heteroatoms. The molecule has 2 aromatic rings. The molecule has 2 rings (SSSR count). The Labute approximate surface area is 127 Å². The van der Waals surface area contributed by atoms with E-state index in [2.05, 4.69) is 19.7 Å². The second-order valence-corrected chi connectivity index (χ2v) is 3.67. The van der Waals surface area contributed by atoms with E-state index in [1.807, 2.05) is 12.1 Å². The van der Waals surface area contributed by atoms with E-state index in [0.717, 1.165) is 5.56 Å². The minimum absolute atomic E-state index is 0.120. The van der Waals surface area contributed by atoms with Crippen molar-refractivity contribution in [2.24, 2.45) is 0 Å². The maximum atomic E-state index is 13.1. The van der Waals surface area contributed by atoms with Gasteiger partial charge in [-0.15, -0.1) is 12.1 Å². The van der Waals surface area contributed by atoms with Crippen molar-refractivity contribution >= 4 is 25.2 Å². The summed E-state index contributed by atoms with van der Waals surface area (Å²) in [7, 11) is 0. The van der Waals surface area contributed by atoms with E-state index >= 15 is 0 Å². The summed E-state index contributed by atoms with van der Waals surface area (Å²) < 4.78 is 18.5. The van der Waals surface area contributed by atoms with Gasteiger partial charge in [0.2, 0.25) is 0 Å². The van der Waals surface area contributed by atoms with E-state index < -0.39 is 5.82 Å². The molecule has 0 fully saturated rings. The zero-order valence-electron chi connectivity index (χ0n) is 9.50. The summed E-state index contributed by atoms with van der Waals surface area (Å²) in [6, 6.07) is 14.8. The zero-order valence-corrected chi connectivity index (χ0v) is 14.8. The van der Waals surface area contributed by atoms with Crippen molar-refractivity contribution < 1.29 is 25.5 Å². The zero-order chi connectivity index (χ0) is 13.4. The molecule has 0 saturated heterocycles. The van der Waals surface area contributed by atoms with Gasteiger partial charge in [0.05, 0.1) is 5.02 Å². The summed E-state index contributed by atoms with van der Waals surface area (Å²) in [6.45, 7) is 0.300. The molecular formula is C13H9BrClFOZn. The van der Waals surface area contributed by atoms with Gasteiger partial charge in [-0.1, -0.05) is 17.7 Å². The van der Waals surface area contributed by atoms with Gasteiger partial charge in [0.15, 0.2) is 0 Å². The Morgan fingerprint density at radius 1 is 1.28 bits per heavy atom. The molecule has 0 unspecified atom stereocenters. The van der Waals surface area contributed by atoms with Gasteiger partial charge in [0.1, 0.15) is 12.4 Å². The van der Waals surface area contributed by atoms with Gasteiger partial charge < -0.3 is 4.74 Å². The quantitative estimate of drug-likeness (QED) is 0.554. The van der Waals surface area contributed by atoms with E-state index in [-0.39, 0.29) is 5.02 Å². The number of rotatable bonds is 3. The molecule has 0 saturated carbocycles. The normalized spacial score (nSPS) is 9.39. The van der Waals surface area contributed by atoms with Gasteiger partial charge in [0, 0.05) is 5.75 Å². The molecule has 0 aromatic heterocycles. The Morgan fingerprint density at radius 3 is 2.67 bits per heavy atom. The fourth-order valence-electron chi connectivity index (χ4n) is 1.26. The van der Waals surface area contributed by atoms with Gasteiger partial charge in [-0.25, -0.2) is 4.39 Å². The summed E-state index contributed by atoms with van der Waals surface area (Å²) in [6.07, 6.45) is 0. The van der Waals surface area contributed by atoms with E-state index in [1.165, 1.54) is 28.5 Å². The molecule has 2 aromatic carbocycles. The number of hydrogen-bond donors (Lipinski definition) is 0. The van der Waals surface area contributed by atoms with Gasteiger partial charge in [-0.3, -0.25) is 0 Å². The van der Waals surface area contributed by atoms with Crippen molar-refractivity contribution in [3.63, 3.8) is 0 Å². The first-order valence-electron chi connectivity index (χ1n) is 5.06. The predicted octanol–water partition coefficient (Wildman–Crippen LogP) is 4.70. The fraction of sp³-hybridized carbons (Fsp3) is 0.0769. The molecule has 0 N–H and O–H groups in total. The first-order valence-corrected chi connectivity index (χ1v) is 12.4. The van der Waals surface area contributed by atoms with Crippen LogP contribution < -0.4 is 4.74 Å². The Morgan fingerprint density at radius 2 is 2.06 bits per heavy atom. The molecule has 0 radical (unpaired) electrons. The summed E-state index contributed by atoms with van der Waals surface area (Å²) in [4.78, 5) is 0. The molecule has 0 aliphatic heterocycles. The standard InChI is InChI=1S/C13H9ClFO.BrH.Zn/c14-12-7-6-10(8-13(12)15)9-16-11-4-2-1-3-5-11;;/h1-4,6-8H,9H2;1H;/q-1;;+2/p-1. The van der Waals surface area contributed by atoms with Gasteiger partial charge in [0.25, 0.3) is 0 Å². The number of halogens is 3. The minimum atomic E-state index is -0.431. The maximum absolute atomic E-state index is 13.1. The fourth-order valence-corrected chi connectivity index (χ4v) is 1.37. The van der Waals surface area contributed by atoms with Crippen LogP contribution in [0, 0.1) is 11.9 Å². The van der Waals surface area contributed by atoms with E-state index in [0.29, 0.717) is 12.4 Å². The molecule has 0 heterocycles. The number of benzene rings is 2. The van der Waals surface area contributed by atoms with Crippen molar-refractivity contribution in [3.05, 3.63) is 64.9 Å². The van der Waals surface area contributed by atoms with Crippen molar-refractivity contribution in [2.75, 3.05) is 0 Å². The molecule has 0 aliphatic carbocycles. The van der Waals surface area contributed by atoms with Crippen molar-refractivity contribution in [2.45, 2.75) is 6.61 Å². The monoisotopic (exact) mass is 378 g/mol. The van der Waals surface area contributed by atoms with Crippen LogP contribution in [0.5, 0.6) is 5.75 Å². The van der Waals surface area contributed by atoms with Crippen LogP contribution in [0.2, 0.25) is 5.02 Å². The third-order valence-corrected chi connectivity index (χ3v) is 2.37. The predicted molar refractivity (Wildman–Crippen MR) is 69.9 cm³/mol. The van der Waals surface area contributed by atoms with E-state index in [9.17, 15) is 4.39 Å². The number of hydrogen-bond acceptors (Lipinski definition) is 1. The van der Waals surface area contributed by atoms with E-state index in [4.69, 9.17) is 16.3 Å². The van der Waals surface area contributed by atoms with Crippen LogP contribution in [0.1, 0.15) is 5.56 Å². The molecule has 0 spiro atoms. The Balaban J connectivity index is 0.000000771. The summed E-state index contributed by atoms with van der Waals surface area (Å²) in [5.74, 6) is 0.206. The second-order valence-electron chi connectivity index (χ2n) is 3.26. The third kappa shape index (κ3) is 5.05. The Hall–Kier alpha value is -0.437. The SMILES string of the molecule is Fc1cc(COc2[c-]cccc2)ccc1Cl.[Zn+][Br]. The Kier molecular flexibility index (Phi) is 7.49. The molecular weight excluding hydrogens is 372 g/mol.